The van der Waals surface area contributed by atoms with Crippen molar-refractivity contribution in [1.29, 1.82) is 0 Å². The van der Waals surface area contributed by atoms with E-state index in [-0.39, 0.29) is 24.1 Å². The smallest absolute Gasteiger partial charge is 0.242 e. The quantitative estimate of drug-likeness (QED) is 0.859. The number of imidazole rings is 1. The van der Waals surface area contributed by atoms with Crippen LogP contribution in [0.25, 0.3) is 11.0 Å². The molecule has 0 spiro atoms. The highest BCUT2D eigenvalue weighted by Crippen LogP contribution is 2.40. The van der Waals surface area contributed by atoms with Crippen molar-refractivity contribution in [1.82, 2.24) is 14.5 Å². The molecule has 0 bridgehead atoms. The van der Waals surface area contributed by atoms with E-state index < -0.39 is 10.0 Å². The second-order valence-electron chi connectivity index (χ2n) is 7.14. The molecule has 2 aliphatic rings. The maximum absolute atomic E-state index is 12.8. The van der Waals surface area contributed by atoms with Crippen molar-refractivity contribution < 1.29 is 13.2 Å². The molecule has 7 nitrogen and oxygen atoms in total. The zero-order valence-corrected chi connectivity index (χ0v) is 14.8. The standard InChI is InChI=1S/C17H22N4O3S/c18-25(23,24)11-12-7-8-20(9-12)16(22)10-21-15-4-2-1-3-14(15)19-17(21)13-5-6-13/h1-4,12-13H,5-11H2,(H2,18,23,24). The van der Waals surface area contributed by atoms with Crippen molar-refractivity contribution in [2.75, 3.05) is 18.8 Å². The normalized spacial score (nSPS) is 21.2. The number of nitrogens with zero attached hydrogens (tertiary/aromatic N) is 3. The van der Waals surface area contributed by atoms with Crippen LogP contribution in [0.4, 0.5) is 0 Å². The third-order valence-corrected chi connectivity index (χ3v) is 5.96. The molecule has 1 atom stereocenters. The molecule has 25 heavy (non-hydrogen) atoms. The molecule has 1 unspecified atom stereocenters. The van der Waals surface area contributed by atoms with Gasteiger partial charge in [0.2, 0.25) is 15.9 Å². The molecule has 2 aromatic rings. The largest absolute Gasteiger partial charge is 0.341 e. The van der Waals surface area contributed by atoms with E-state index in [9.17, 15) is 13.2 Å². The summed E-state index contributed by atoms with van der Waals surface area (Å²) >= 11 is 0. The number of hydrogen-bond donors (Lipinski definition) is 1. The number of primary sulfonamides is 1. The monoisotopic (exact) mass is 362 g/mol. The Balaban J connectivity index is 1.52. The summed E-state index contributed by atoms with van der Waals surface area (Å²) in [6, 6.07) is 7.88. The van der Waals surface area contributed by atoms with Crippen LogP contribution in [-0.2, 0) is 21.4 Å². The second-order valence-corrected chi connectivity index (χ2v) is 8.80. The lowest BCUT2D eigenvalue weighted by atomic mass is 10.2. The van der Waals surface area contributed by atoms with Crippen molar-refractivity contribution in [3.63, 3.8) is 0 Å². The Hall–Kier alpha value is -1.93. The number of hydrogen-bond acceptors (Lipinski definition) is 4. The minimum absolute atomic E-state index is 0.0157. The van der Waals surface area contributed by atoms with E-state index in [0.29, 0.717) is 25.4 Å². The van der Waals surface area contributed by atoms with Gasteiger partial charge >= 0.3 is 0 Å². The van der Waals surface area contributed by atoms with Gasteiger partial charge in [0, 0.05) is 19.0 Å². The van der Waals surface area contributed by atoms with Crippen molar-refractivity contribution in [2.24, 2.45) is 11.1 Å². The summed E-state index contributed by atoms with van der Waals surface area (Å²) in [4.78, 5) is 19.2. The Morgan fingerprint density at radius 3 is 2.72 bits per heavy atom. The third-order valence-electron chi connectivity index (χ3n) is 5.03. The van der Waals surface area contributed by atoms with Gasteiger partial charge in [0.25, 0.3) is 0 Å². The van der Waals surface area contributed by atoms with Gasteiger partial charge in [-0.1, -0.05) is 12.1 Å². The number of likely N-dealkylation sites (tertiary alicyclic amines) is 1. The Morgan fingerprint density at radius 2 is 2.00 bits per heavy atom. The van der Waals surface area contributed by atoms with E-state index in [4.69, 9.17) is 10.1 Å². The van der Waals surface area contributed by atoms with E-state index in [0.717, 1.165) is 29.7 Å². The molecule has 1 aliphatic carbocycles. The SMILES string of the molecule is NS(=O)(=O)CC1CCN(C(=O)Cn2c(C3CC3)nc3ccccc32)C1. The molecule has 1 saturated carbocycles. The van der Waals surface area contributed by atoms with Crippen LogP contribution in [0.3, 0.4) is 0 Å². The van der Waals surface area contributed by atoms with E-state index in [1.54, 1.807) is 4.90 Å². The fourth-order valence-corrected chi connectivity index (χ4v) is 4.60. The number of aromatic nitrogens is 2. The Labute approximate surface area is 146 Å². The molecule has 134 valence electrons. The maximum Gasteiger partial charge on any atom is 0.242 e. The minimum Gasteiger partial charge on any atom is -0.341 e. The van der Waals surface area contributed by atoms with Crippen LogP contribution in [0.5, 0.6) is 0 Å². The number of benzene rings is 1. The first-order valence-corrected chi connectivity index (χ1v) is 10.4. The molecule has 1 aliphatic heterocycles. The maximum atomic E-state index is 12.8. The van der Waals surface area contributed by atoms with E-state index in [2.05, 4.69) is 0 Å². The van der Waals surface area contributed by atoms with Crippen molar-refractivity contribution in [3.05, 3.63) is 30.1 Å². The summed E-state index contributed by atoms with van der Waals surface area (Å²) < 4.78 is 24.5. The predicted molar refractivity (Wildman–Crippen MR) is 94.4 cm³/mol. The van der Waals surface area contributed by atoms with Crippen LogP contribution in [0.1, 0.15) is 31.0 Å². The van der Waals surface area contributed by atoms with Crippen molar-refractivity contribution in [3.8, 4) is 0 Å². The summed E-state index contributed by atoms with van der Waals surface area (Å²) in [6.45, 7) is 1.31. The zero-order chi connectivity index (χ0) is 17.6. The molecular formula is C17H22N4O3S. The number of nitrogens with two attached hydrogens (primary N) is 1. The number of carbonyl (C=O) groups excluding carboxylic acids is 1. The van der Waals surface area contributed by atoms with Gasteiger partial charge in [-0.15, -0.1) is 0 Å². The number of para-hydroxylation sites is 2. The van der Waals surface area contributed by atoms with Gasteiger partial charge in [-0.2, -0.15) is 0 Å². The molecule has 1 aromatic heterocycles. The van der Waals surface area contributed by atoms with Crippen LogP contribution in [0.15, 0.2) is 24.3 Å². The summed E-state index contributed by atoms with van der Waals surface area (Å²) in [5, 5.41) is 5.13. The van der Waals surface area contributed by atoms with Crippen LogP contribution < -0.4 is 5.14 Å². The van der Waals surface area contributed by atoms with Crippen LogP contribution in [-0.4, -0.2) is 47.6 Å². The highest BCUT2D eigenvalue weighted by atomic mass is 32.2. The van der Waals surface area contributed by atoms with E-state index in [1.165, 1.54) is 0 Å². The van der Waals surface area contributed by atoms with Gasteiger partial charge in [0.1, 0.15) is 12.4 Å². The van der Waals surface area contributed by atoms with Crippen LogP contribution in [0.2, 0.25) is 0 Å². The zero-order valence-electron chi connectivity index (χ0n) is 14.0. The first kappa shape index (κ1) is 16.5. The average molecular weight is 362 g/mol. The Kier molecular flexibility index (Phi) is 4.04. The summed E-state index contributed by atoms with van der Waals surface area (Å²) in [7, 11) is -3.50. The van der Waals surface area contributed by atoms with Crippen LogP contribution in [0, 0.1) is 5.92 Å². The fraction of sp³-hybridized carbons (Fsp3) is 0.529. The molecule has 1 amide bonds. The van der Waals surface area contributed by atoms with Crippen molar-refractivity contribution >= 4 is 27.0 Å². The topological polar surface area (TPSA) is 98.3 Å². The number of amides is 1. The molecule has 0 radical (unpaired) electrons. The molecule has 2 heterocycles. The highest BCUT2D eigenvalue weighted by molar-refractivity contribution is 7.89. The lowest BCUT2D eigenvalue weighted by Crippen LogP contribution is -2.33. The molecule has 1 saturated heterocycles. The molecule has 2 fully saturated rings. The Morgan fingerprint density at radius 1 is 1.24 bits per heavy atom. The first-order valence-electron chi connectivity index (χ1n) is 8.64. The van der Waals surface area contributed by atoms with E-state index in [1.807, 2.05) is 28.8 Å². The highest BCUT2D eigenvalue weighted by Gasteiger charge is 2.32. The number of carbonyl (C=O) groups is 1. The van der Waals surface area contributed by atoms with Gasteiger partial charge in [-0.25, -0.2) is 18.5 Å². The second kappa shape index (κ2) is 6.10. The third kappa shape index (κ3) is 3.55. The minimum atomic E-state index is -3.50. The molecule has 1 aromatic carbocycles. The lowest BCUT2D eigenvalue weighted by molar-refractivity contribution is -0.130. The fourth-order valence-electron chi connectivity index (χ4n) is 3.67. The molecule has 2 N–H and O–H groups in total. The van der Waals surface area contributed by atoms with Gasteiger partial charge in [-0.3, -0.25) is 4.79 Å². The van der Waals surface area contributed by atoms with Gasteiger partial charge < -0.3 is 9.47 Å². The van der Waals surface area contributed by atoms with Gasteiger partial charge in [0.05, 0.1) is 16.8 Å². The number of rotatable bonds is 5. The summed E-state index contributed by atoms with van der Waals surface area (Å²) in [5.41, 5.74) is 1.91. The number of sulfonamides is 1. The van der Waals surface area contributed by atoms with Gasteiger partial charge in [0.15, 0.2) is 0 Å². The average Bonchev–Trinajstić information content (AvgIpc) is 3.19. The lowest BCUT2D eigenvalue weighted by Gasteiger charge is -2.18. The van der Waals surface area contributed by atoms with Crippen molar-refractivity contribution in [2.45, 2.75) is 31.7 Å². The molecule has 8 heteroatoms. The first-order chi connectivity index (χ1) is 11.9. The predicted octanol–water partition coefficient (Wildman–Crippen LogP) is 1.05. The molecule has 4 rings (SSSR count). The summed E-state index contributed by atoms with van der Waals surface area (Å²) in [6.07, 6.45) is 2.93. The molecular weight excluding hydrogens is 340 g/mol. The summed E-state index contributed by atoms with van der Waals surface area (Å²) in [5.74, 6) is 1.34. The van der Waals surface area contributed by atoms with Crippen LogP contribution >= 0.6 is 0 Å². The number of fused-ring (bicyclic) bond motifs is 1. The Bertz CT molecular complexity index is 917. The van der Waals surface area contributed by atoms with E-state index >= 15 is 0 Å². The van der Waals surface area contributed by atoms with Gasteiger partial charge in [-0.05, 0) is 37.3 Å².